The molecule has 5 heteroatoms. The topological polar surface area (TPSA) is 65.2 Å². The maximum Gasteiger partial charge on any atom is 0.340 e. The molecule has 0 atom stereocenters. The largest absolute Gasteiger partial charge is 0.455 e. The minimum atomic E-state index is -0.420. The fraction of sp³-hybridized carbons (Fsp3) is 0.167. The Morgan fingerprint density at radius 2 is 2.24 bits per heavy atom. The summed E-state index contributed by atoms with van der Waals surface area (Å²) in [6.07, 6.45) is 0. The van der Waals surface area contributed by atoms with E-state index < -0.39 is 5.97 Å². The molecular formula is C12H12N2O2S. The molecular weight excluding hydrogens is 236 g/mol. The molecule has 0 bridgehead atoms. The SMILES string of the molecule is Cc1csc(COC(=O)c2ccccc2N)n1. The molecule has 4 nitrogen and oxygen atoms in total. The van der Waals surface area contributed by atoms with Crippen LogP contribution in [0.4, 0.5) is 5.69 Å². The molecule has 2 rings (SSSR count). The molecule has 0 unspecified atom stereocenters. The van der Waals surface area contributed by atoms with Crippen molar-refractivity contribution in [2.75, 3.05) is 5.73 Å². The van der Waals surface area contributed by atoms with Crippen LogP contribution in [-0.2, 0) is 11.3 Å². The fourth-order valence-electron chi connectivity index (χ4n) is 1.36. The number of benzene rings is 1. The zero-order chi connectivity index (χ0) is 12.3. The number of hydrogen-bond donors (Lipinski definition) is 1. The van der Waals surface area contributed by atoms with Crippen LogP contribution in [0.15, 0.2) is 29.6 Å². The van der Waals surface area contributed by atoms with Gasteiger partial charge in [0.25, 0.3) is 0 Å². The molecule has 2 N–H and O–H groups in total. The smallest absolute Gasteiger partial charge is 0.340 e. The maximum atomic E-state index is 11.7. The number of aromatic nitrogens is 1. The third kappa shape index (κ3) is 2.82. The number of carbonyl (C=O) groups is 1. The molecule has 0 fully saturated rings. The Hall–Kier alpha value is -1.88. The van der Waals surface area contributed by atoms with Crippen molar-refractivity contribution in [1.82, 2.24) is 4.98 Å². The molecule has 0 amide bonds. The van der Waals surface area contributed by atoms with Gasteiger partial charge in [-0.15, -0.1) is 11.3 Å². The van der Waals surface area contributed by atoms with Crippen molar-refractivity contribution in [2.24, 2.45) is 0 Å². The van der Waals surface area contributed by atoms with Gasteiger partial charge in [-0.1, -0.05) is 12.1 Å². The van der Waals surface area contributed by atoms with Crippen LogP contribution in [0.2, 0.25) is 0 Å². The molecule has 0 radical (unpaired) electrons. The Bertz CT molecular complexity index is 537. The predicted molar refractivity (Wildman–Crippen MR) is 66.8 cm³/mol. The number of nitrogens with zero attached hydrogens (tertiary/aromatic N) is 1. The lowest BCUT2D eigenvalue weighted by Crippen LogP contribution is -2.07. The van der Waals surface area contributed by atoms with E-state index >= 15 is 0 Å². The highest BCUT2D eigenvalue weighted by Crippen LogP contribution is 2.14. The monoisotopic (exact) mass is 248 g/mol. The van der Waals surface area contributed by atoms with Crippen molar-refractivity contribution in [3.05, 3.63) is 45.9 Å². The van der Waals surface area contributed by atoms with Gasteiger partial charge in [0.1, 0.15) is 11.6 Å². The molecule has 0 saturated carbocycles. The second kappa shape index (κ2) is 4.97. The Balaban J connectivity index is 2.01. The summed E-state index contributed by atoms with van der Waals surface area (Å²) in [5.41, 5.74) is 7.43. The second-order valence-corrected chi connectivity index (χ2v) is 4.49. The van der Waals surface area contributed by atoms with Crippen molar-refractivity contribution < 1.29 is 9.53 Å². The molecule has 0 saturated heterocycles. The van der Waals surface area contributed by atoms with Gasteiger partial charge in [0.2, 0.25) is 0 Å². The van der Waals surface area contributed by atoms with E-state index in [2.05, 4.69) is 4.98 Å². The number of anilines is 1. The van der Waals surface area contributed by atoms with Crippen LogP contribution in [0.3, 0.4) is 0 Å². The summed E-state index contributed by atoms with van der Waals surface area (Å²) in [5.74, 6) is -0.420. The zero-order valence-electron chi connectivity index (χ0n) is 9.34. The first-order valence-corrected chi connectivity index (χ1v) is 5.97. The molecule has 1 aromatic heterocycles. The van der Waals surface area contributed by atoms with Gasteiger partial charge in [0.15, 0.2) is 0 Å². The minimum Gasteiger partial charge on any atom is -0.455 e. The molecule has 17 heavy (non-hydrogen) atoms. The van der Waals surface area contributed by atoms with Crippen molar-refractivity contribution in [3.63, 3.8) is 0 Å². The molecule has 0 spiro atoms. The van der Waals surface area contributed by atoms with Crippen LogP contribution in [0.5, 0.6) is 0 Å². The average molecular weight is 248 g/mol. The summed E-state index contributed by atoms with van der Waals surface area (Å²) in [6, 6.07) is 6.84. The van der Waals surface area contributed by atoms with Crippen LogP contribution >= 0.6 is 11.3 Å². The van der Waals surface area contributed by atoms with Gasteiger partial charge in [0, 0.05) is 16.8 Å². The quantitative estimate of drug-likeness (QED) is 0.669. The third-order valence-electron chi connectivity index (χ3n) is 2.17. The number of aryl methyl sites for hydroxylation is 1. The van der Waals surface area contributed by atoms with Crippen LogP contribution in [-0.4, -0.2) is 11.0 Å². The van der Waals surface area contributed by atoms with Crippen LogP contribution in [0.25, 0.3) is 0 Å². The highest BCUT2D eigenvalue weighted by atomic mass is 32.1. The molecule has 1 heterocycles. The summed E-state index contributed by atoms with van der Waals surface area (Å²) in [5, 5.41) is 2.70. The van der Waals surface area contributed by atoms with Gasteiger partial charge in [-0.3, -0.25) is 0 Å². The lowest BCUT2D eigenvalue weighted by atomic mass is 10.2. The van der Waals surface area contributed by atoms with Crippen molar-refractivity contribution in [1.29, 1.82) is 0 Å². The molecule has 0 aliphatic carbocycles. The second-order valence-electron chi connectivity index (χ2n) is 3.55. The van der Waals surface area contributed by atoms with E-state index in [1.807, 2.05) is 12.3 Å². The summed E-state index contributed by atoms with van der Waals surface area (Å²) in [7, 11) is 0. The molecule has 0 aliphatic rings. The number of esters is 1. The number of nitrogens with two attached hydrogens (primary N) is 1. The van der Waals surface area contributed by atoms with E-state index in [0.717, 1.165) is 10.7 Å². The number of ether oxygens (including phenoxy) is 1. The van der Waals surface area contributed by atoms with E-state index in [1.54, 1.807) is 24.3 Å². The number of thiazole rings is 1. The van der Waals surface area contributed by atoms with Gasteiger partial charge in [-0.2, -0.15) is 0 Å². The fourth-order valence-corrected chi connectivity index (χ4v) is 2.04. The van der Waals surface area contributed by atoms with Crippen LogP contribution in [0.1, 0.15) is 21.1 Å². The number of rotatable bonds is 3. The average Bonchev–Trinajstić information content (AvgIpc) is 2.73. The minimum absolute atomic E-state index is 0.186. The number of para-hydroxylation sites is 1. The number of nitrogen functional groups attached to an aromatic ring is 1. The van der Waals surface area contributed by atoms with Crippen molar-refractivity contribution in [3.8, 4) is 0 Å². The van der Waals surface area contributed by atoms with Gasteiger partial charge < -0.3 is 10.5 Å². The highest BCUT2D eigenvalue weighted by Gasteiger charge is 2.11. The van der Waals surface area contributed by atoms with Gasteiger partial charge in [0.05, 0.1) is 5.56 Å². The van der Waals surface area contributed by atoms with Gasteiger partial charge >= 0.3 is 5.97 Å². The third-order valence-corrected chi connectivity index (χ3v) is 3.11. The van der Waals surface area contributed by atoms with E-state index in [-0.39, 0.29) is 6.61 Å². The summed E-state index contributed by atoms with van der Waals surface area (Å²) >= 11 is 1.47. The Morgan fingerprint density at radius 3 is 2.88 bits per heavy atom. The molecule has 2 aromatic rings. The Kier molecular flexibility index (Phi) is 3.39. The first-order chi connectivity index (χ1) is 8.16. The lowest BCUT2D eigenvalue weighted by Gasteiger charge is -2.04. The van der Waals surface area contributed by atoms with E-state index in [0.29, 0.717) is 11.3 Å². The lowest BCUT2D eigenvalue weighted by molar-refractivity contribution is 0.0473. The van der Waals surface area contributed by atoms with E-state index in [4.69, 9.17) is 10.5 Å². The Labute approximate surface area is 103 Å². The van der Waals surface area contributed by atoms with Gasteiger partial charge in [-0.25, -0.2) is 9.78 Å². The van der Waals surface area contributed by atoms with Crippen molar-refractivity contribution >= 4 is 23.0 Å². The molecule has 0 aliphatic heterocycles. The first kappa shape index (κ1) is 11.6. The van der Waals surface area contributed by atoms with Crippen LogP contribution in [0, 0.1) is 6.92 Å². The Morgan fingerprint density at radius 1 is 1.47 bits per heavy atom. The van der Waals surface area contributed by atoms with Crippen molar-refractivity contribution in [2.45, 2.75) is 13.5 Å². The highest BCUT2D eigenvalue weighted by molar-refractivity contribution is 7.09. The van der Waals surface area contributed by atoms with Gasteiger partial charge in [-0.05, 0) is 19.1 Å². The number of hydrogen-bond acceptors (Lipinski definition) is 5. The van der Waals surface area contributed by atoms with Crippen LogP contribution < -0.4 is 5.73 Å². The van der Waals surface area contributed by atoms with E-state index in [9.17, 15) is 4.79 Å². The number of carbonyl (C=O) groups excluding carboxylic acids is 1. The molecule has 1 aromatic carbocycles. The predicted octanol–water partition coefficient (Wildman–Crippen LogP) is 2.39. The molecule has 88 valence electrons. The van der Waals surface area contributed by atoms with E-state index in [1.165, 1.54) is 11.3 Å². The summed E-state index contributed by atoms with van der Waals surface area (Å²) in [6.45, 7) is 2.09. The zero-order valence-corrected chi connectivity index (χ0v) is 10.2. The normalized spacial score (nSPS) is 10.2. The standard InChI is InChI=1S/C12H12N2O2S/c1-8-7-17-11(14-8)6-16-12(15)9-4-2-3-5-10(9)13/h2-5,7H,6,13H2,1H3. The first-order valence-electron chi connectivity index (χ1n) is 5.09. The maximum absolute atomic E-state index is 11.7. The summed E-state index contributed by atoms with van der Waals surface area (Å²) < 4.78 is 5.14. The summed E-state index contributed by atoms with van der Waals surface area (Å²) in [4.78, 5) is 15.9.